The molecule has 0 spiro atoms. The number of rotatable bonds is 7. The molecule has 0 bridgehead atoms. The predicted molar refractivity (Wildman–Crippen MR) is 101 cm³/mol. The number of aromatic nitrogens is 2. The topological polar surface area (TPSA) is 99.5 Å². The molecule has 0 radical (unpaired) electrons. The average Bonchev–Trinajstić information content (AvgIpc) is 3.37. The first-order valence-corrected chi connectivity index (χ1v) is 9.03. The van der Waals surface area contributed by atoms with Crippen LogP contribution in [0.1, 0.15) is 46.6 Å². The number of nitrogens with zero attached hydrogens (tertiary/aromatic N) is 2. The molecular formula is C20H23N3O5. The standard InChI is InChI=1S/C20H23N3O5/c1-5-17(19(24)21-18-10-13(3)28-22-18)27-20(25)16-9-12(2)23(14(16)4)11-15-7-6-8-26-15/h6-10,17H,5,11H2,1-4H3,(H,21,22,24). The Morgan fingerprint density at radius 2 is 2.07 bits per heavy atom. The highest BCUT2D eigenvalue weighted by molar-refractivity contribution is 5.97. The van der Waals surface area contributed by atoms with Gasteiger partial charge in [-0.15, -0.1) is 0 Å². The SMILES string of the molecule is CCC(OC(=O)c1cc(C)n(Cc2ccco2)c1C)C(=O)Nc1cc(C)on1. The molecule has 0 aliphatic carbocycles. The molecule has 0 aliphatic rings. The van der Waals surface area contributed by atoms with E-state index in [1.807, 2.05) is 30.5 Å². The van der Waals surface area contributed by atoms with Crippen molar-refractivity contribution in [1.29, 1.82) is 0 Å². The maximum Gasteiger partial charge on any atom is 0.340 e. The number of furan rings is 1. The summed E-state index contributed by atoms with van der Waals surface area (Å²) >= 11 is 0. The number of nitrogens with one attached hydrogen (secondary N) is 1. The highest BCUT2D eigenvalue weighted by Crippen LogP contribution is 2.20. The zero-order valence-corrected chi connectivity index (χ0v) is 16.3. The molecule has 8 heteroatoms. The van der Waals surface area contributed by atoms with Crippen molar-refractivity contribution in [2.45, 2.75) is 46.8 Å². The molecular weight excluding hydrogens is 362 g/mol. The highest BCUT2D eigenvalue weighted by Gasteiger charge is 2.25. The number of carbonyl (C=O) groups excluding carboxylic acids is 2. The fourth-order valence-corrected chi connectivity index (χ4v) is 2.96. The van der Waals surface area contributed by atoms with E-state index < -0.39 is 18.0 Å². The molecule has 8 nitrogen and oxygen atoms in total. The third-order valence-corrected chi connectivity index (χ3v) is 4.48. The second-order valence-electron chi connectivity index (χ2n) is 6.56. The fourth-order valence-electron chi connectivity index (χ4n) is 2.96. The number of anilines is 1. The van der Waals surface area contributed by atoms with E-state index in [0.29, 0.717) is 24.3 Å². The van der Waals surface area contributed by atoms with Crippen LogP contribution in [0.15, 0.2) is 39.5 Å². The van der Waals surface area contributed by atoms with E-state index >= 15 is 0 Å². The van der Waals surface area contributed by atoms with E-state index in [1.165, 1.54) is 0 Å². The Kier molecular flexibility index (Phi) is 5.67. The number of amides is 1. The van der Waals surface area contributed by atoms with Crippen LogP contribution >= 0.6 is 0 Å². The first-order valence-electron chi connectivity index (χ1n) is 9.03. The van der Waals surface area contributed by atoms with Gasteiger partial charge in [-0.1, -0.05) is 12.1 Å². The van der Waals surface area contributed by atoms with Crippen molar-refractivity contribution in [3.63, 3.8) is 0 Å². The lowest BCUT2D eigenvalue weighted by atomic mass is 10.2. The van der Waals surface area contributed by atoms with E-state index in [0.717, 1.165) is 17.1 Å². The van der Waals surface area contributed by atoms with Crippen molar-refractivity contribution in [1.82, 2.24) is 9.72 Å². The summed E-state index contributed by atoms with van der Waals surface area (Å²) in [7, 11) is 0. The average molecular weight is 385 g/mol. The van der Waals surface area contributed by atoms with Gasteiger partial charge in [0.2, 0.25) is 0 Å². The van der Waals surface area contributed by atoms with E-state index in [2.05, 4.69) is 10.5 Å². The van der Waals surface area contributed by atoms with Gasteiger partial charge >= 0.3 is 5.97 Å². The van der Waals surface area contributed by atoms with E-state index in [9.17, 15) is 9.59 Å². The molecule has 1 unspecified atom stereocenters. The summed E-state index contributed by atoms with van der Waals surface area (Å²) in [6.07, 6.45) is 1.01. The van der Waals surface area contributed by atoms with Gasteiger partial charge in [0, 0.05) is 17.5 Å². The Bertz CT molecular complexity index is 968. The minimum atomic E-state index is -0.933. The summed E-state index contributed by atoms with van der Waals surface area (Å²) in [4.78, 5) is 25.1. The first-order chi connectivity index (χ1) is 13.4. The highest BCUT2D eigenvalue weighted by atomic mass is 16.5. The third kappa shape index (κ3) is 4.16. The Morgan fingerprint density at radius 3 is 2.68 bits per heavy atom. The van der Waals surface area contributed by atoms with Gasteiger partial charge in [0.1, 0.15) is 11.5 Å². The molecule has 0 saturated heterocycles. The van der Waals surface area contributed by atoms with E-state index in [1.54, 1.807) is 32.2 Å². The monoisotopic (exact) mass is 385 g/mol. The van der Waals surface area contributed by atoms with Crippen LogP contribution in [0.3, 0.4) is 0 Å². The lowest BCUT2D eigenvalue weighted by molar-refractivity contribution is -0.124. The number of ether oxygens (including phenoxy) is 1. The minimum Gasteiger partial charge on any atom is -0.467 e. The van der Waals surface area contributed by atoms with Gasteiger partial charge in [0.05, 0.1) is 18.4 Å². The molecule has 0 aliphatic heterocycles. The Morgan fingerprint density at radius 1 is 1.29 bits per heavy atom. The molecule has 0 aromatic carbocycles. The predicted octanol–water partition coefficient (Wildman–Crippen LogP) is 3.62. The molecule has 3 heterocycles. The zero-order valence-electron chi connectivity index (χ0n) is 16.3. The van der Waals surface area contributed by atoms with Crippen molar-refractivity contribution in [3.8, 4) is 0 Å². The number of carbonyl (C=O) groups is 2. The maximum absolute atomic E-state index is 12.7. The molecule has 0 saturated carbocycles. The van der Waals surface area contributed by atoms with Gasteiger partial charge in [-0.05, 0) is 45.4 Å². The fraction of sp³-hybridized carbons (Fsp3) is 0.350. The zero-order chi connectivity index (χ0) is 20.3. The lowest BCUT2D eigenvalue weighted by Gasteiger charge is -2.15. The Labute approximate surface area is 162 Å². The quantitative estimate of drug-likeness (QED) is 0.624. The number of hydrogen-bond donors (Lipinski definition) is 1. The number of esters is 1. The molecule has 3 rings (SSSR count). The van der Waals surface area contributed by atoms with Crippen LogP contribution in [-0.4, -0.2) is 27.7 Å². The molecule has 3 aromatic heterocycles. The number of hydrogen-bond acceptors (Lipinski definition) is 6. The lowest BCUT2D eigenvalue weighted by Crippen LogP contribution is -2.32. The van der Waals surface area contributed by atoms with Gasteiger partial charge in [0.25, 0.3) is 5.91 Å². The van der Waals surface area contributed by atoms with Crippen LogP contribution in [0, 0.1) is 20.8 Å². The van der Waals surface area contributed by atoms with E-state index in [-0.39, 0.29) is 5.82 Å². The van der Waals surface area contributed by atoms with Crippen molar-refractivity contribution >= 4 is 17.7 Å². The van der Waals surface area contributed by atoms with Gasteiger partial charge in [-0.2, -0.15) is 0 Å². The van der Waals surface area contributed by atoms with Crippen molar-refractivity contribution in [2.75, 3.05) is 5.32 Å². The molecule has 28 heavy (non-hydrogen) atoms. The summed E-state index contributed by atoms with van der Waals surface area (Å²) in [6, 6.07) is 7.04. The summed E-state index contributed by atoms with van der Waals surface area (Å²) in [5.74, 6) is 0.652. The molecule has 1 atom stereocenters. The van der Waals surface area contributed by atoms with Crippen molar-refractivity contribution in [2.24, 2.45) is 0 Å². The summed E-state index contributed by atoms with van der Waals surface area (Å²) in [5, 5.41) is 6.31. The second kappa shape index (κ2) is 8.16. The second-order valence-corrected chi connectivity index (χ2v) is 6.56. The van der Waals surface area contributed by atoms with Crippen LogP contribution < -0.4 is 5.32 Å². The summed E-state index contributed by atoms with van der Waals surface area (Å²) < 4.78 is 17.7. The third-order valence-electron chi connectivity index (χ3n) is 4.48. The minimum absolute atomic E-state index is 0.286. The van der Waals surface area contributed by atoms with Crippen LogP contribution in [0.5, 0.6) is 0 Å². The molecule has 1 N–H and O–H groups in total. The Hall–Kier alpha value is -3.29. The van der Waals surface area contributed by atoms with Gasteiger partial charge in [0.15, 0.2) is 11.9 Å². The normalized spacial score (nSPS) is 12.0. The van der Waals surface area contributed by atoms with Gasteiger partial charge < -0.3 is 23.6 Å². The van der Waals surface area contributed by atoms with Crippen LogP contribution in [-0.2, 0) is 16.1 Å². The van der Waals surface area contributed by atoms with Crippen LogP contribution in [0.25, 0.3) is 0 Å². The van der Waals surface area contributed by atoms with Crippen LogP contribution in [0.4, 0.5) is 5.82 Å². The van der Waals surface area contributed by atoms with E-state index in [4.69, 9.17) is 13.7 Å². The first kappa shape index (κ1) is 19.5. The van der Waals surface area contributed by atoms with Crippen molar-refractivity contribution in [3.05, 3.63) is 59.0 Å². The van der Waals surface area contributed by atoms with Gasteiger partial charge in [-0.3, -0.25) is 4.79 Å². The maximum atomic E-state index is 12.7. The molecule has 1 amide bonds. The smallest absolute Gasteiger partial charge is 0.340 e. The largest absolute Gasteiger partial charge is 0.467 e. The Balaban J connectivity index is 1.71. The molecule has 3 aromatic rings. The number of aryl methyl sites for hydroxylation is 2. The molecule has 148 valence electrons. The van der Waals surface area contributed by atoms with Crippen LogP contribution in [0.2, 0.25) is 0 Å². The van der Waals surface area contributed by atoms with Crippen molar-refractivity contribution < 1.29 is 23.3 Å². The van der Waals surface area contributed by atoms with Gasteiger partial charge in [-0.25, -0.2) is 4.79 Å². The molecule has 0 fully saturated rings. The summed E-state index contributed by atoms with van der Waals surface area (Å²) in [6.45, 7) is 7.75. The summed E-state index contributed by atoms with van der Waals surface area (Å²) in [5.41, 5.74) is 2.07.